The highest BCUT2D eigenvalue weighted by Crippen LogP contribution is 2.29. The van der Waals surface area contributed by atoms with Crippen molar-refractivity contribution in [2.45, 2.75) is 10.6 Å². The fourth-order valence-electron chi connectivity index (χ4n) is 4.12. The van der Waals surface area contributed by atoms with Crippen LogP contribution in [-0.2, 0) is 15.6 Å². The molecule has 3 aromatic rings. The third-order valence-electron chi connectivity index (χ3n) is 5.99. The van der Waals surface area contributed by atoms with Crippen LogP contribution in [0.4, 0.5) is 15.8 Å². The summed E-state index contributed by atoms with van der Waals surface area (Å²) in [4.78, 5) is 27.1. The molecule has 0 radical (unpaired) electrons. The number of ether oxygens (including phenoxy) is 1. The lowest BCUT2D eigenvalue weighted by Gasteiger charge is -2.36. The van der Waals surface area contributed by atoms with Crippen molar-refractivity contribution in [1.82, 2.24) is 4.90 Å². The van der Waals surface area contributed by atoms with Crippen LogP contribution in [0, 0.1) is 15.9 Å². The molecule has 0 N–H and O–H groups in total. The van der Waals surface area contributed by atoms with Crippen molar-refractivity contribution < 1.29 is 27.3 Å². The van der Waals surface area contributed by atoms with E-state index in [1.165, 1.54) is 24.3 Å². The van der Waals surface area contributed by atoms with Crippen molar-refractivity contribution in [3.05, 3.63) is 93.8 Å². The number of anilines is 1. The van der Waals surface area contributed by atoms with Crippen molar-refractivity contribution in [1.29, 1.82) is 0 Å². The van der Waals surface area contributed by atoms with E-state index in [0.717, 1.165) is 29.6 Å². The van der Waals surface area contributed by atoms with Crippen LogP contribution in [0.15, 0.2) is 71.6 Å². The summed E-state index contributed by atoms with van der Waals surface area (Å²) >= 11 is 0. The second-order valence-corrected chi connectivity index (χ2v) is 10.3. The Morgan fingerprint density at radius 1 is 1.03 bits per heavy atom. The van der Waals surface area contributed by atoms with E-state index in [2.05, 4.69) is 4.90 Å². The Labute approximate surface area is 207 Å². The summed E-state index contributed by atoms with van der Waals surface area (Å²) < 4.78 is 44.4. The van der Waals surface area contributed by atoms with E-state index >= 15 is 0 Å². The van der Waals surface area contributed by atoms with Gasteiger partial charge in [-0.25, -0.2) is 12.8 Å². The fourth-order valence-corrected chi connectivity index (χ4v) is 5.62. The van der Waals surface area contributed by atoms with E-state index in [-0.39, 0.29) is 11.1 Å². The van der Waals surface area contributed by atoms with Gasteiger partial charge in [-0.1, -0.05) is 12.1 Å². The lowest BCUT2D eigenvalue weighted by atomic mass is 10.1. The first-order valence-corrected chi connectivity index (χ1v) is 12.8. The van der Waals surface area contributed by atoms with Gasteiger partial charge in [-0.15, -0.1) is 0 Å². The molecule has 0 spiro atoms. The van der Waals surface area contributed by atoms with Gasteiger partial charge in [0.15, 0.2) is 9.84 Å². The zero-order valence-electron chi connectivity index (χ0n) is 19.5. The van der Waals surface area contributed by atoms with E-state index in [1.54, 1.807) is 12.0 Å². The van der Waals surface area contributed by atoms with Crippen LogP contribution < -0.4 is 9.64 Å². The zero-order chi connectivity index (χ0) is 25.9. The molecule has 11 heteroatoms. The first-order valence-electron chi connectivity index (χ1n) is 11.1. The zero-order valence-corrected chi connectivity index (χ0v) is 20.3. The molecule has 0 aromatic heterocycles. The standard InChI is InChI=1S/C25H24FN3O6S/c1-35-22-8-6-21(7-9-22)27-11-13-28(14-12-27)25(30)19-5-10-24(23(16-19)29(31)32)36(33,34)17-18-3-2-4-20(26)15-18/h2-10,15-16H,11-14,17H2,1H3. The van der Waals surface area contributed by atoms with Gasteiger partial charge in [-0.2, -0.15) is 0 Å². The Kier molecular flexibility index (Phi) is 7.20. The molecule has 36 heavy (non-hydrogen) atoms. The maximum atomic E-state index is 13.5. The highest BCUT2D eigenvalue weighted by atomic mass is 32.2. The number of benzene rings is 3. The van der Waals surface area contributed by atoms with Crippen LogP contribution in [0.25, 0.3) is 0 Å². The molecule has 188 valence electrons. The number of methoxy groups -OCH3 is 1. The number of hydrogen-bond acceptors (Lipinski definition) is 7. The topological polar surface area (TPSA) is 110 Å². The summed E-state index contributed by atoms with van der Waals surface area (Å²) in [5.41, 5.74) is 0.504. The predicted molar refractivity (Wildman–Crippen MR) is 131 cm³/mol. The van der Waals surface area contributed by atoms with Gasteiger partial charge < -0.3 is 14.5 Å². The first kappa shape index (κ1) is 25.1. The SMILES string of the molecule is COc1ccc(N2CCN(C(=O)c3ccc(S(=O)(=O)Cc4cccc(F)c4)c([N+](=O)[O-])c3)CC2)cc1. The molecule has 0 unspecified atom stereocenters. The van der Waals surface area contributed by atoms with Gasteiger partial charge in [0.25, 0.3) is 11.6 Å². The van der Waals surface area contributed by atoms with Crippen molar-refractivity contribution in [3.63, 3.8) is 0 Å². The number of nitro groups is 1. The molecule has 1 fully saturated rings. The highest BCUT2D eigenvalue weighted by molar-refractivity contribution is 7.90. The fraction of sp³-hybridized carbons (Fsp3) is 0.240. The number of halogens is 1. The van der Waals surface area contributed by atoms with Crippen LogP contribution in [0.3, 0.4) is 0 Å². The molecule has 9 nitrogen and oxygen atoms in total. The van der Waals surface area contributed by atoms with E-state index in [0.29, 0.717) is 26.2 Å². The Morgan fingerprint density at radius 3 is 2.33 bits per heavy atom. The number of rotatable bonds is 7. The number of carbonyl (C=O) groups excluding carboxylic acids is 1. The summed E-state index contributed by atoms with van der Waals surface area (Å²) in [7, 11) is -2.57. The average molecular weight is 514 g/mol. The van der Waals surface area contributed by atoms with Gasteiger partial charge in [0.2, 0.25) is 0 Å². The quantitative estimate of drug-likeness (QED) is 0.350. The lowest BCUT2D eigenvalue weighted by Crippen LogP contribution is -2.48. The van der Waals surface area contributed by atoms with Crippen LogP contribution in [0.5, 0.6) is 5.75 Å². The Morgan fingerprint density at radius 2 is 1.72 bits per heavy atom. The first-order chi connectivity index (χ1) is 17.2. The minimum atomic E-state index is -4.16. The number of carbonyl (C=O) groups is 1. The maximum Gasteiger partial charge on any atom is 0.288 e. The Balaban J connectivity index is 1.50. The van der Waals surface area contributed by atoms with E-state index < -0.39 is 42.8 Å². The van der Waals surface area contributed by atoms with Gasteiger partial charge in [0, 0.05) is 43.5 Å². The summed E-state index contributed by atoms with van der Waals surface area (Å²) in [6, 6.07) is 16.0. The average Bonchev–Trinajstić information content (AvgIpc) is 2.88. The van der Waals surface area contributed by atoms with Crippen molar-refractivity contribution in [2.75, 3.05) is 38.2 Å². The third kappa shape index (κ3) is 5.46. The predicted octanol–water partition coefficient (Wildman–Crippen LogP) is 3.68. The third-order valence-corrected chi connectivity index (χ3v) is 7.72. The van der Waals surface area contributed by atoms with Crippen LogP contribution in [-0.4, -0.2) is 57.4 Å². The number of piperazine rings is 1. The van der Waals surface area contributed by atoms with Gasteiger partial charge >= 0.3 is 0 Å². The second-order valence-electron chi connectivity index (χ2n) is 8.31. The van der Waals surface area contributed by atoms with Crippen molar-refractivity contribution in [2.24, 2.45) is 0 Å². The molecule has 0 atom stereocenters. The monoisotopic (exact) mass is 513 g/mol. The van der Waals surface area contributed by atoms with Gasteiger partial charge in [0.1, 0.15) is 16.5 Å². The molecule has 1 aliphatic heterocycles. The second kappa shape index (κ2) is 10.3. The maximum absolute atomic E-state index is 13.5. The summed E-state index contributed by atoms with van der Waals surface area (Å²) in [5, 5.41) is 11.7. The molecule has 1 heterocycles. The number of sulfone groups is 1. The minimum Gasteiger partial charge on any atom is -0.497 e. The molecule has 3 aromatic carbocycles. The lowest BCUT2D eigenvalue weighted by molar-refractivity contribution is -0.387. The van der Waals surface area contributed by atoms with Gasteiger partial charge in [-0.3, -0.25) is 14.9 Å². The van der Waals surface area contributed by atoms with Crippen molar-refractivity contribution >= 4 is 27.1 Å². The largest absolute Gasteiger partial charge is 0.497 e. The normalized spacial score (nSPS) is 13.9. The van der Waals surface area contributed by atoms with E-state index in [1.807, 2.05) is 24.3 Å². The van der Waals surface area contributed by atoms with E-state index in [4.69, 9.17) is 4.74 Å². The molecule has 1 aliphatic rings. The van der Waals surface area contributed by atoms with Gasteiger partial charge in [-0.05, 0) is 54.1 Å². The molecule has 0 aliphatic carbocycles. The van der Waals surface area contributed by atoms with Crippen LogP contribution in [0.1, 0.15) is 15.9 Å². The number of amides is 1. The van der Waals surface area contributed by atoms with Crippen molar-refractivity contribution in [3.8, 4) is 5.75 Å². The molecule has 1 amide bonds. The molecule has 1 saturated heterocycles. The molecule has 0 bridgehead atoms. The van der Waals surface area contributed by atoms with Gasteiger partial charge in [0.05, 0.1) is 17.8 Å². The number of nitro benzene ring substituents is 1. The Hall–Kier alpha value is -3.99. The molecular weight excluding hydrogens is 489 g/mol. The smallest absolute Gasteiger partial charge is 0.288 e. The number of hydrogen-bond donors (Lipinski definition) is 0. The van der Waals surface area contributed by atoms with Crippen LogP contribution >= 0.6 is 0 Å². The number of nitrogens with zero attached hydrogens (tertiary/aromatic N) is 3. The summed E-state index contributed by atoms with van der Waals surface area (Å²) in [5.74, 6) is -0.881. The van der Waals surface area contributed by atoms with Crippen LogP contribution in [0.2, 0.25) is 0 Å². The summed E-state index contributed by atoms with van der Waals surface area (Å²) in [6.45, 7) is 1.94. The minimum absolute atomic E-state index is 0.0318. The van der Waals surface area contributed by atoms with E-state index in [9.17, 15) is 27.7 Å². The highest BCUT2D eigenvalue weighted by Gasteiger charge is 2.29. The Bertz CT molecular complexity index is 1390. The molecule has 4 rings (SSSR count). The molecular formula is C25H24FN3O6S. The summed E-state index contributed by atoms with van der Waals surface area (Å²) in [6.07, 6.45) is 0. The molecule has 0 saturated carbocycles.